The second kappa shape index (κ2) is 9.59. The zero-order valence-electron chi connectivity index (χ0n) is 20.8. The Kier molecular flexibility index (Phi) is 7.79. The average Bonchev–Trinajstić information content (AvgIpc) is 2.80. The number of halogens is 2. The van der Waals surface area contributed by atoms with E-state index in [4.69, 9.17) is 0 Å². The van der Waals surface area contributed by atoms with Crippen LogP contribution in [0.3, 0.4) is 0 Å². The Bertz CT molecular complexity index is 593. The molecule has 3 saturated carbocycles. The van der Waals surface area contributed by atoms with Gasteiger partial charge in [-0.2, -0.15) is 47.0 Å². The Morgan fingerprint density at radius 1 is 0.312 bits per heavy atom. The molecule has 6 heteroatoms. The first-order valence-corrected chi connectivity index (χ1v) is 18.5. The summed E-state index contributed by atoms with van der Waals surface area (Å²) >= 11 is 18.3. The summed E-state index contributed by atoms with van der Waals surface area (Å²) in [6.07, 6.45) is 0. The molecule has 5 rings (SSSR count). The van der Waals surface area contributed by atoms with Crippen molar-refractivity contribution in [1.29, 1.82) is 0 Å². The van der Waals surface area contributed by atoms with E-state index in [2.05, 4.69) is 134 Å². The molecule has 3 aliphatic carbocycles. The Labute approximate surface area is 231 Å². The van der Waals surface area contributed by atoms with Crippen molar-refractivity contribution >= 4 is 78.9 Å². The van der Waals surface area contributed by atoms with Gasteiger partial charge in [0.25, 0.3) is 0 Å². The van der Waals surface area contributed by atoms with Crippen molar-refractivity contribution in [2.75, 3.05) is 0 Å². The van der Waals surface area contributed by atoms with Gasteiger partial charge >= 0.3 is 0 Å². The molecule has 0 aromatic rings. The van der Waals surface area contributed by atoms with Gasteiger partial charge in [0, 0.05) is 51.7 Å². The monoisotopic (exact) mass is 640 g/mol. The molecule has 0 amide bonds. The molecule has 184 valence electrons. The van der Waals surface area contributed by atoms with Gasteiger partial charge in [-0.05, 0) is 47.3 Å². The number of alkyl halides is 2. The summed E-state index contributed by atoms with van der Waals surface area (Å²) in [5, 5.41) is 6.23. The maximum Gasteiger partial charge on any atom is 0.0405 e. The molecule has 16 atom stereocenters. The molecule has 0 radical (unpaired) electrons. The smallest absolute Gasteiger partial charge is 0.0405 e. The van der Waals surface area contributed by atoms with Crippen molar-refractivity contribution < 1.29 is 0 Å². The first-order valence-electron chi connectivity index (χ1n) is 12.9. The molecule has 2 aliphatic heterocycles. The van der Waals surface area contributed by atoms with Gasteiger partial charge in [0.2, 0.25) is 0 Å². The van der Waals surface area contributed by atoms with Crippen LogP contribution in [0.5, 0.6) is 0 Å². The number of thioether (sulfide) groups is 4. The van der Waals surface area contributed by atoms with E-state index in [9.17, 15) is 0 Å². The van der Waals surface area contributed by atoms with Crippen LogP contribution < -0.4 is 0 Å². The Morgan fingerprint density at radius 3 is 0.688 bits per heavy atom. The summed E-state index contributed by atoms with van der Waals surface area (Å²) in [4.78, 5) is 1.27. The highest BCUT2D eigenvalue weighted by molar-refractivity contribution is 9.10. The van der Waals surface area contributed by atoms with Crippen molar-refractivity contribution in [2.45, 2.75) is 107 Å². The van der Waals surface area contributed by atoms with Gasteiger partial charge in [-0.25, -0.2) is 0 Å². The quantitative estimate of drug-likeness (QED) is 0.243. The minimum absolute atomic E-state index is 0.637. The molecule has 0 spiro atoms. The molecule has 32 heavy (non-hydrogen) atoms. The summed E-state index contributed by atoms with van der Waals surface area (Å²) in [5.74, 6) is 6.68. The third-order valence-corrected chi connectivity index (χ3v) is 23.0. The van der Waals surface area contributed by atoms with Gasteiger partial charge in [-0.3, -0.25) is 0 Å². The molecule has 16 unspecified atom stereocenters. The molecular weight excluding hydrogens is 600 g/mol. The highest BCUT2D eigenvalue weighted by Crippen LogP contribution is 2.64. The van der Waals surface area contributed by atoms with Gasteiger partial charge in [0.15, 0.2) is 0 Å². The number of hydrogen-bond donors (Lipinski definition) is 0. The average molecular weight is 643 g/mol. The molecule has 5 fully saturated rings. The maximum absolute atomic E-state index is 4.37. The van der Waals surface area contributed by atoms with Crippen molar-refractivity contribution in [3.8, 4) is 0 Å². The molecule has 0 aromatic carbocycles. The van der Waals surface area contributed by atoms with Gasteiger partial charge in [-0.15, -0.1) is 0 Å². The van der Waals surface area contributed by atoms with Crippen LogP contribution in [-0.2, 0) is 0 Å². The molecule has 2 saturated heterocycles. The standard InChI is InChI=1S/C26H42Br2S4/c1-9-10(2)14(6)20-19(13(9)5)29-23-17(27)25-26(18(28)24(23)30-20)32-22-16(8)12(4)11(3)15(7)21(22)31-25/h9-26H,1-8H3. The van der Waals surface area contributed by atoms with Crippen LogP contribution in [0.15, 0.2) is 0 Å². The van der Waals surface area contributed by atoms with Crippen LogP contribution in [0.1, 0.15) is 55.4 Å². The second-order valence-corrected chi connectivity index (χ2v) is 19.6. The second-order valence-electron chi connectivity index (χ2n) is 12.0. The highest BCUT2D eigenvalue weighted by Gasteiger charge is 2.61. The fourth-order valence-electron chi connectivity index (χ4n) is 7.55. The van der Waals surface area contributed by atoms with Gasteiger partial charge in [-0.1, -0.05) is 87.2 Å². The Hall–Kier alpha value is 2.36. The molecular formula is C26H42Br2S4. The predicted octanol–water partition coefficient (Wildman–Crippen LogP) is 8.55. The van der Waals surface area contributed by atoms with E-state index in [-0.39, 0.29) is 0 Å². The SMILES string of the molecule is CC1C(C)C(C)C2SC3C(Br)C4SC5C(C)C(C)C(C)C(C)C5SC4C(Br)C3SC2C1C. The van der Waals surface area contributed by atoms with E-state index in [0.717, 1.165) is 89.3 Å². The fourth-order valence-corrected chi connectivity index (χ4v) is 20.5. The highest BCUT2D eigenvalue weighted by atomic mass is 79.9. The van der Waals surface area contributed by atoms with Crippen molar-refractivity contribution in [1.82, 2.24) is 0 Å². The fraction of sp³-hybridized carbons (Fsp3) is 1.00. The lowest BCUT2D eigenvalue weighted by Crippen LogP contribution is -2.64. The molecule has 0 bridgehead atoms. The zero-order valence-corrected chi connectivity index (χ0v) is 27.2. The Balaban J connectivity index is 1.42. The lowest BCUT2D eigenvalue weighted by Gasteiger charge is -2.61. The van der Waals surface area contributed by atoms with E-state index in [0.29, 0.717) is 9.65 Å². The lowest BCUT2D eigenvalue weighted by molar-refractivity contribution is 0.148. The van der Waals surface area contributed by atoms with E-state index < -0.39 is 0 Å². The van der Waals surface area contributed by atoms with Crippen molar-refractivity contribution in [3.05, 3.63) is 0 Å². The number of fused-ring (bicyclic) bond motifs is 4. The Morgan fingerprint density at radius 2 is 0.500 bits per heavy atom. The van der Waals surface area contributed by atoms with Crippen LogP contribution >= 0.6 is 78.9 Å². The van der Waals surface area contributed by atoms with E-state index in [1.807, 2.05) is 0 Å². The summed E-state index contributed by atoms with van der Waals surface area (Å²) < 4.78 is 0. The molecule has 0 nitrogen and oxygen atoms in total. The summed E-state index contributed by atoms with van der Waals surface area (Å²) in [5.41, 5.74) is 0. The summed E-state index contributed by atoms with van der Waals surface area (Å²) in [6, 6.07) is 0. The number of hydrogen-bond acceptors (Lipinski definition) is 4. The summed E-state index contributed by atoms with van der Waals surface area (Å²) in [7, 11) is 0. The molecule has 2 heterocycles. The van der Waals surface area contributed by atoms with E-state index in [1.165, 1.54) is 0 Å². The van der Waals surface area contributed by atoms with Crippen LogP contribution in [0, 0.1) is 47.3 Å². The van der Waals surface area contributed by atoms with Crippen LogP contribution in [0.25, 0.3) is 0 Å². The van der Waals surface area contributed by atoms with E-state index in [1.54, 1.807) is 0 Å². The maximum atomic E-state index is 4.37. The minimum atomic E-state index is 0.637. The topological polar surface area (TPSA) is 0 Å². The number of rotatable bonds is 0. The van der Waals surface area contributed by atoms with Crippen LogP contribution in [0.2, 0.25) is 0 Å². The normalized spacial score (nSPS) is 64.7. The summed E-state index contributed by atoms with van der Waals surface area (Å²) in [6.45, 7) is 20.3. The minimum Gasteiger partial charge on any atom is -0.151 e. The molecule has 5 aliphatic rings. The van der Waals surface area contributed by atoms with Gasteiger partial charge in [0.05, 0.1) is 0 Å². The van der Waals surface area contributed by atoms with Gasteiger partial charge in [0.1, 0.15) is 0 Å². The third kappa shape index (κ3) is 3.90. The molecule has 0 N–H and O–H groups in total. The zero-order chi connectivity index (χ0) is 23.2. The van der Waals surface area contributed by atoms with Crippen molar-refractivity contribution in [3.63, 3.8) is 0 Å². The van der Waals surface area contributed by atoms with E-state index >= 15 is 0 Å². The molecule has 0 aromatic heterocycles. The van der Waals surface area contributed by atoms with Crippen LogP contribution in [-0.4, -0.2) is 51.7 Å². The first kappa shape index (κ1) is 26.0. The lowest BCUT2D eigenvalue weighted by atomic mass is 9.69. The van der Waals surface area contributed by atoms with Crippen LogP contribution in [0.4, 0.5) is 0 Å². The third-order valence-electron chi connectivity index (χ3n) is 10.9. The van der Waals surface area contributed by atoms with Crippen molar-refractivity contribution in [2.24, 2.45) is 47.3 Å². The van der Waals surface area contributed by atoms with Gasteiger partial charge < -0.3 is 0 Å². The predicted molar refractivity (Wildman–Crippen MR) is 159 cm³/mol. The largest absolute Gasteiger partial charge is 0.151 e. The first-order chi connectivity index (χ1) is 15.0.